The lowest BCUT2D eigenvalue weighted by molar-refractivity contribution is 0.0528. The average Bonchev–Trinajstić information content (AvgIpc) is 3.24. The Hall–Kier alpha value is -3.23. The number of hydrogen-bond donors (Lipinski definition) is 0. The molecule has 0 aliphatic rings. The molecule has 2 aromatic carbocycles. The third-order valence-electron chi connectivity index (χ3n) is 4.72. The van der Waals surface area contributed by atoms with E-state index in [1.807, 2.05) is 5.38 Å². The Labute approximate surface area is 197 Å². The van der Waals surface area contributed by atoms with E-state index in [-0.39, 0.29) is 30.5 Å². The Morgan fingerprint density at radius 3 is 2.52 bits per heavy atom. The summed E-state index contributed by atoms with van der Waals surface area (Å²) in [6.45, 7) is 2.04. The van der Waals surface area contributed by atoms with E-state index in [0.717, 1.165) is 23.8 Å². The van der Waals surface area contributed by atoms with Crippen LogP contribution in [0.15, 0.2) is 54.0 Å². The monoisotopic (exact) mass is 489 g/mol. The summed E-state index contributed by atoms with van der Waals surface area (Å²) >= 11 is 7.66. The first-order valence-electron chi connectivity index (χ1n) is 9.97. The molecule has 33 heavy (non-hydrogen) atoms. The largest absolute Gasteiger partial charge is 0.489 e. The number of aromatic nitrogens is 1. The molecule has 2 heterocycles. The van der Waals surface area contributed by atoms with Gasteiger partial charge in [-0.25, -0.2) is 18.6 Å². The van der Waals surface area contributed by atoms with Crippen LogP contribution in [-0.2, 0) is 18.0 Å². The number of halogens is 3. The summed E-state index contributed by atoms with van der Waals surface area (Å²) in [6.07, 6.45) is 1.41. The highest BCUT2D eigenvalue weighted by Crippen LogP contribution is 2.34. The van der Waals surface area contributed by atoms with E-state index >= 15 is 0 Å². The summed E-state index contributed by atoms with van der Waals surface area (Å²) in [5, 5.41) is 2.77. The second-order valence-electron chi connectivity index (χ2n) is 6.94. The van der Waals surface area contributed by atoms with E-state index in [2.05, 4.69) is 4.98 Å². The zero-order valence-electron chi connectivity index (χ0n) is 17.4. The SMILES string of the molecule is CCOC(=O)c1cnc(Cl)c2c(COc3cccc(OCc4cc(F)ccc4F)c3)csc12. The molecule has 170 valence electrons. The number of esters is 1. The van der Waals surface area contributed by atoms with Gasteiger partial charge in [0.25, 0.3) is 0 Å². The first-order chi connectivity index (χ1) is 16.0. The van der Waals surface area contributed by atoms with Crippen molar-refractivity contribution in [2.75, 3.05) is 6.61 Å². The number of benzene rings is 2. The van der Waals surface area contributed by atoms with E-state index < -0.39 is 17.6 Å². The highest BCUT2D eigenvalue weighted by Gasteiger charge is 2.18. The lowest BCUT2D eigenvalue weighted by atomic mass is 10.2. The van der Waals surface area contributed by atoms with Crippen molar-refractivity contribution >= 4 is 39.0 Å². The Morgan fingerprint density at radius 1 is 1.06 bits per heavy atom. The Morgan fingerprint density at radius 2 is 1.79 bits per heavy atom. The molecular formula is C24H18ClF2NO4S. The smallest absolute Gasteiger partial charge is 0.341 e. The molecule has 9 heteroatoms. The molecule has 0 fully saturated rings. The summed E-state index contributed by atoms with van der Waals surface area (Å²) in [4.78, 5) is 16.3. The minimum Gasteiger partial charge on any atom is -0.489 e. The molecule has 0 amide bonds. The molecule has 0 saturated heterocycles. The molecule has 0 saturated carbocycles. The molecule has 0 atom stereocenters. The van der Waals surface area contributed by atoms with E-state index in [0.29, 0.717) is 27.1 Å². The Kier molecular flexibility index (Phi) is 7.05. The van der Waals surface area contributed by atoms with Crippen molar-refractivity contribution in [2.45, 2.75) is 20.1 Å². The predicted octanol–water partition coefficient (Wildman–Crippen LogP) is 6.56. The first-order valence-corrected chi connectivity index (χ1v) is 11.2. The third-order valence-corrected chi connectivity index (χ3v) is 6.07. The quantitative estimate of drug-likeness (QED) is 0.207. The second kappa shape index (κ2) is 10.1. The van der Waals surface area contributed by atoms with Crippen LogP contribution in [-0.4, -0.2) is 17.6 Å². The van der Waals surface area contributed by atoms with Gasteiger partial charge in [-0.1, -0.05) is 17.7 Å². The minimum absolute atomic E-state index is 0.116. The molecule has 4 aromatic rings. The predicted molar refractivity (Wildman–Crippen MR) is 122 cm³/mol. The highest BCUT2D eigenvalue weighted by molar-refractivity contribution is 7.17. The molecule has 4 rings (SSSR count). The topological polar surface area (TPSA) is 57.7 Å². The van der Waals surface area contributed by atoms with Crippen molar-refractivity contribution in [1.29, 1.82) is 0 Å². The number of ether oxygens (including phenoxy) is 3. The summed E-state index contributed by atoms with van der Waals surface area (Å²) in [6, 6.07) is 10.0. The molecular weight excluding hydrogens is 472 g/mol. The van der Waals surface area contributed by atoms with Crippen LogP contribution in [0, 0.1) is 11.6 Å². The van der Waals surface area contributed by atoms with Crippen LogP contribution in [0.25, 0.3) is 10.1 Å². The van der Waals surface area contributed by atoms with Crippen molar-refractivity contribution in [3.05, 3.63) is 87.5 Å². The molecule has 5 nitrogen and oxygen atoms in total. The van der Waals surface area contributed by atoms with Gasteiger partial charge < -0.3 is 14.2 Å². The van der Waals surface area contributed by atoms with Gasteiger partial charge in [0, 0.05) is 28.8 Å². The molecule has 0 spiro atoms. The van der Waals surface area contributed by atoms with Gasteiger partial charge in [-0.2, -0.15) is 0 Å². The fourth-order valence-electron chi connectivity index (χ4n) is 3.15. The molecule has 0 radical (unpaired) electrons. The van der Waals surface area contributed by atoms with E-state index in [1.54, 1.807) is 31.2 Å². The molecule has 0 unspecified atom stereocenters. The van der Waals surface area contributed by atoms with Gasteiger partial charge in [0.15, 0.2) is 0 Å². The van der Waals surface area contributed by atoms with Crippen LogP contribution in [0.1, 0.15) is 28.4 Å². The number of fused-ring (bicyclic) bond motifs is 1. The summed E-state index contributed by atoms with van der Waals surface area (Å²) in [5.74, 6) is -0.580. The standard InChI is InChI=1S/C24H18ClF2NO4S/c1-2-30-24(29)19-10-28-23(25)21-15(13-33-22(19)21)12-32-18-5-3-4-17(9-18)31-11-14-8-16(26)6-7-20(14)27/h3-10,13H,2,11-12H2,1H3. The van der Waals surface area contributed by atoms with Crippen LogP contribution < -0.4 is 9.47 Å². The second-order valence-corrected chi connectivity index (χ2v) is 8.17. The number of pyridine rings is 1. The number of carbonyl (C=O) groups excluding carboxylic acids is 1. The van der Waals surface area contributed by atoms with Gasteiger partial charge in [-0.3, -0.25) is 0 Å². The van der Waals surface area contributed by atoms with Gasteiger partial charge in [-0.05, 0) is 42.6 Å². The number of nitrogens with zero attached hydrogens (tertiary/aromatic N) is 1. The van der Waals surface area contributed by atoms with Crippen molar-refractivity contribution in [1.82, 2.24) is 4.98 Å². The highest BCUT2D eigenvalue weighted by atomic mass is 35.5. The number of thiophene rings is 1. The van der Waals surface area contributed by atoms with Gasteiger partial charge >= 0.3 is 5.97 Å². The number of carbonyl (C=O) groups is 1. The average molecular weight is 490 g/mol. The van der Waals surface area contributed by atoms with Gasteiger partial charge in [0.05, 0.1) is 16.9 Å². The fourth-order valence-corrected chi connectivity index (χ4v) is 4.53. The maximum Gasteiger partial charge on any atom is 0.341 e. The van der Waals surface area contributed by atoms with Crippen molar-refractivity contribution in [3.8, 4) is 11.5 Å². The zero-order chi connectivity index (χ0) is 23.4. The normalized spacial score (nSPS) is 10.9. The lowest BCUT2D eigenvalue weighted by Gasteiger charge is -2.10. The molecule has 0 bridgehead atoms. The maximum atomic E-state index is 13.8. The van der Waals surface area contributed by atoms with Crippen molar-refractivity contribution in [2.24, 2.45) is 0 Å². The van der Waals surface area contributed by atoms with Crippen LogP contribution in [0.3, 0.4) is 0 Å². The molecule has 2 aromatic heterocycles. The van der Waals surface area contributed by atoms with Crippen LogP contribution in [0.4, 0.5) is 8.78 Å². The van der Waals surface area contributed by atoms with E-state index in [4.69, 9.17) is 25.8 Å². The van der Waals surface area contributed by atoms with Crippen molar-refractivity contribution in [3.63, 3.8) is 0 Å². The van der Waals surface area contributed by atoms with Gasteiger partial charge in [-0.15, -0.1) is 11.3 Å². The first kappa shape index (κ1) is 22.9. The number of hydrogen-bond acceptors (Lipinski definition) is 6. The zero-order valence-corrected chi connectivity index (χ0v) is 19.0. The van der Waals surface area contributed by atoms with E-state index in [1.165, 1.54) is 17.5 Å². The summed E-state index contributed by atoms with van der Waals surface area (Å²) in [7, 11) is 0. The van der Waals surface area contributed by atoms with Crippen LogP contribution >= 0.6 is 22.9 Å². The third kappa shape index (κ3) is 5.23. The van der Waals surface area contributed by atoms with Gasteiger partial charge in [0.1, 0.15) is 41.5 Å². The lowest BCUT2D eigenvalue weighted by Crippen LogP contribution is -2.05. The van der Waals surface area contributed by atoms with Crippen LogP contribution in [0.5, 0.6) is 11.5 Å². The van der Waals surface area contributed by atoms with Crippen LogP contribution in [0.2, 0.25) is 5.15 Å². The summed E-state index contributed by atoms with van der Waals surface area (Å²) < 4.78 is 44.4. The van der Waals surface area contributed by atoms with E-state index in [9.17, 15) is 13.6 Å². The Balaban J connectivity index is 1.48. The maximum absolute atomic E-state index is 13.8. The number of rotatable bonds is 8. The minimum atomic E-state index is -0.541. The van der Waals surface area contributed by atoms with Crippen molar-refractivity contribution < 1.29 is 27.8 Å². The molecule has 0 aliphatic heterocycles. The molecule has 0 N–H and O–H groups in total. The Bertz CT molecular complexity index is 1310. The molecule has 0 aliphatic carbocycles. The summed E-state index contributed by atoms with van der Waals surface area (Å²) in [5.41, 5.74) is 1.24. The fraction of sp³-hybridized carbons (Fsp3) is 0.167. The van der Waals surface area contributed by atoms with Gasteiger partial charge in [0.2, 0.25) is 0 Å².